The third-order valence-corrected chi connectivity index (χ3v) is 6.47. The van der Waals surface area contributed by atoms with Crippen LogP contribution in [0.4, 0.5) is 5.69 Å². The van der Waals surface area contributed by atoms with Crippen molar-refractivity contribution in [2.45, 2.75) is 26.2 Å². The van der Waals surface area contributed by atoms with Gasteiger partial charge in [0.15, 0.2) is 10.7 Å². The van der Waals surface area contributed by atoms with Crippen LogP contribution in [-0.2, 0) is 0 Å². The Hall–Kier alpha value is -2.78. The zero-order chi connectivity index (χ0) is 22.7. The Morgan fingerprint density at radius 1 is 1.12 bits per heavy atom. The number of oxazole rings is 1. The van der Waals surface area contributed by atoms with Crippen molar-refractivity contribution < 1.29 is 9.21 Å². The molecule has 2 N–H and O–H groups in total. The third kappa shape index (κ3) is 4.99. The lowest BCUT2D eigenvalue weighted by molar-refractivity contribution is 0.0977. The fourth-order valence-corrected chi connectivity index (χ4v) is 4.13. The van der Waals surface area contributed by atoms with Crippen molar-refractivity contribution in [1.29, 1.82) is 0 Å². The summed E-state index contributed by atoms with van der Waals surface area (Å²) in [7, 11) is 0. The lowest BCUT2D eigenvalue weighted by Crippen LogP contribution is -2.34. The molecule has 0 spiro atoms. The van der Waals surface area contributed by atoms with Crippen LogP contribution in [0.2, 0.25) is 0 Å². The molecule has 162 valence electrons. The number of fused-ring (bicyclic) bond motifs is 1. The topological polar surface area (TPSA) is 67.2 Å². The maximum absolute atomic E-state index is 12.4. The first-order valence-electron chi connectivity index (χ1n) is 10.3. The Balaban J connectivity index is 1.44. The molecule has 0 aliphatic rings. The molecule has 0 fully saturated rings. The summed E-state index contributed by atoms with van der Waals surface area (Å²) in [6.07, 6.45) is 1.08. The summed E-state index contributed by atoms with van der Waals surface area (Å²) in [5.41, 5.74) is 5.11. The first-order valence-corrected chi connectivity index (χ1v) is 11.8. The predicted octanol–water partition coefficient (Wildman–Crippen LogP) is 6.74. The van der Waals surface area contributed by atoms with Gasteiger partial charge in [0, 0.05) is 14.8 Å². The Morgan fingerprint density at radius 2 is 1.88 bits per heavy atom. The minimum atomic E-state index is -0.243. The second kappa shape index (κ2) is 9.79. The van der Waals surface area contributed by atoms with E-state index in [2.05, 4.69) is 64.2 Å². The molecule has 1 heterocycles. The minimum absolute atomic E-state index is 0.238. The number of halogens is 1. The van der Waals surface area contributed by atoms with Gasteiger partial charge in [-0.1, -0.05) is 32.0 Å². The van der Waals surface area contributed by atoms with Gasteiger partial charge in [-0.25, -0.2) is 4.98 Å². The highest BCUT2D eigenvalue weighted by atomic mass is 127. The molecule has 0 aliphatic carbocycles. The molecule has 0 saturated carbocycles. The molecule has 1 amide bonds. The lowest BCUT2D eigenvalue weighted by atomic mass is 9.98. The molecule has 0 bridgehead atoms. The Labute approximate surface area is 205 Å². The molecule has 1 aromatic heterocycles. The summed E-state index contributed by atoms with van der Waals surface area (Å²) in [6.45, 7) is 4.39. The van der Waals surface area contributed by atoms with E-state index in [1.807, 2.05) is 48.5 Å². The molecule has 3 aromatic carbocycles. The van der Waals surface area contributed by atoms with E-state index in [4.69, 9.17) is 16.6 Å². The number of aromatic nitrogens is 1. The van der Waals surface area contributed by atoms with E-state index < -0.39 is 0 Å². The van der Waals surface area contributed by atoms with Crippen LogP contribution in [0, 0.1) is 3.57 Å². The van der Waals surface area contributed by atoms with Crippen LogP contribution in [-0.4, -0.2) is 16.0 Å². The maximum atomic E-state index is 12.4. The summed E-state index contributed by atoms with van der Waals surface area (Å²) in [5.74, 6) is 0.814. The van der Waals surface area contributed by atoms with Gasteiger partial charge in [0.25, 0.3) is 5.91 Å². The minimum Gasteiger partial charge on any atom is -0.436 e. The van der Waals surface area contributed by atoms with Gasteiger partial charge in [-0.05, 0) is 101 Å². The van der Waals surface area contributed by atoms with Crippen molar-refractivity contribution in [3.8, 4) is 11.5 Å². The number of carbonyl (C=O) groups is 1. The molecule has 0 aliphatic heterocycles. The predicted molar refractivity (Wildman–Crippen MR) is 141 cm³/mol. The average molecular weight is 555 g/mol. The van der Waals surface area contributed by atoms with Crippen molar-refractivity contribution in [3.05, 3.63) is 81.4 Å². The van der Waals surface area contributed by atoms with E-state index in [9.17, 15) is 4.79 Å². The average Bonchev–Trinajstić information content (AvgIpc) is 3.22. The van der Waals surface area contributed by atoms with Crippen molar-refractivity contribution in [2.24, 2.45) is 0 Å². The monoisotopic (exact) mass is 555 g/mol. The molecule has 0 saturated heterocycles. The third-order valence-electron chi connectivity index (χ3n) is 5.33. The van der Waals surface area contributed by atoms with Crippen LogP contribution in [0.1, 0.15) is 42.1 Å². The normalized spacial score (nSPS) is 11.8. The van der Waals surface area contributed by atoms with Crippen LogP contribution < -0.4 is 10.6 Å². The number of thiocarbonyl (C=S) groups is 1. The number of hydrogen-bond donors (Lipinski definition) is 2. The fraction of sp³-hybridized carbons (Fsp3) is 0.160. The van der Waals surface area contributed by atoms with Gasteiger partial charge in [-0.3, -0.25) is 10.1 Å². The summed E-state index contributed by atoms with van der Waals surface area (Å²) >= 11 is 7.42. The molecule has 0 radical (unpaired) electrons. The fourth-order valence-electron chi connectivity index (χ4n) is 3.28. The Kier molecular flexibility index (Phi) is 6.86. The highest BCUT2D eigenvalue weighted by Crippen LogP contribution is 2.28. The molecular formula is C25H22IN3O2S. The van der Waals surface area contributed by atoms with Gasteiger partial charge >= 0.3 is 0 Å². The van der Waals surface area contributed by atoms with Crippen LogP contribution in [0.3, 0.4) is 0 Å². The molecular weight excluding hydrogens is 533 g/mol. The molecule has 0 unspecified atom stereocenters. The van der Waals surface area contributed by atoms with Gasteiger partial charge in [0.1, 0.15) is 5.52 Å². The van der Waals surface area contributed by atoms with Crippen LogP contribution in [0.5, 0.6) is 0 Å². The molecule has 7 heteroatoms. The van der Waals surface area contributed by atoms with Gasteiger partial charge in [0.2, 0.25) is 5.89 Å². The van der Waals surface area contributed by atoms with Gasteiger partial charge in [-0.15, -0.1) is 0 Å². The van der Waals surface area contributed by atoms with Crippen molar-refractivity contribution in [1.82, 2.24) is 10.3 Å². The molecule has 32 heavy (non-hydrogen) atoms. The molecule has 4 rings (SSSR count). The zero-order valence-corrected chi connectivity index (χ0v) is 20.7. The van der Waals surface area contributed by atoms with Crippen LogP contribution in [0.25, 0.3) is 22.6 Å². The summed E-state index contributed by atoms with van der Waals surface area (Å²) in [4.78, 5) is 17.1. The first-order chi connectivity index (χ1) is 15.4. The maximum Gasteiger partial charge on any atom is 0.258 e. The highest BCUT2D eigenvalue weighted by Gasteiger charge is 2.13. The van der Waals surface area contributed by atoms with Crippen molar-refractivity contribution in [3.63, 3.8) is 0 Å². The Bertz CT molecular complexity index is 1280. The number of carbonyl (C=O) groups excluding carboxylic acids is 1. The standard InChI is InChI=1S/C25H22IN3O2S/c1-3-15(2)17-10-13-22-21(14-17)28-24(31-22)16-8-11-18(12-9-16)27-25(32)29-23(30)19-6-4-5-7-20(19)26/h4-15H,3H2,1-2H3,(H2,27,29,30,32)/t15-/m0/s1. The first kappa shape index (κ1) is 22.4. The van der Waals surface area contributed by atoms with Gasteiger partial charge in [-0.2, -0.15) is 0 Å². The summed E-state index contributed by atoms with van der Waals surface area (Å²) < 4.78 is 6.81. The van der Waals surface area contributed by atoms with E-state index in [1.165, 1.54) is 5.56 Å². The second-order valence-electron chi connectivity index (χ2n) is 7.52. The quantitative estimate of drug-likeness (QED) is 0.211. The largest absolute Gasteiger partial charge is 0.436 e. The van der Waals surface area contributed by atoms with E-state index in [0.29, 0.717) is 17.4 Å². The van der Waals surface area contributed by atoms with E-state index in [-0.39, 0.29) is 11.0 Å². The number of nitrogens with one attached hydrogen (secondary N) is 2. The van der Waals surface area contributed by atoms with Crippen LogP contribution >= 0.6 is 34.8 Å². The van der Waals surface area contributed by atoms with Gasteiger partial charge < -0.3 is 9.73 Å². The number of amides is 1. The smallest absolute Gasteiger partial charge is 0.258 e. The second-order valence-corrected chi connectivity index (χ2v) is 9.09. The molecule has 4 aromatic rings. The number of nitrogens with zero attached hydrogens (tertiary/aromatic N) is 1. The van der Waals surface area contributed by atoms with Crippen LogP contribution in [0.15, 0.2) is 71.1 Å². The number of rotatable bonds is 5. The van der Waals surface area contributed by atoms with E-state index in [1.54, 1.807) is 6.07 Å². The SMILES string of the molecule is CC[C@H](C)c1ccc2oc(-c3ccc(NC(=S)NC(=O)c4ccccc4I)cc3)nc2c1. The number of anilines is 1. The molecule has 1 atom stereocenters. The highest BCUT2D eigenvalue weighted by molar-refractivity contribution is 14.1. The molecule has 5 nitrogen and oxygen atoms in total. The van der Waals surface area contributed by atoms with E-state index in [0.717, 1.165) is 32.3 Å². The summed E-state index contributed by atoms with van der Waals surface area (Å²) in [5, 5.41) is 5.99. The van der Waals surface area contributed by atoms with E-state index >= 15 is 0 Å². The van der Waals surface area contributed by atoms with Gasteiger partial charge in [0.05, 0.1) is 5.56 Å². The number of benzene rings is 3. The zero-order valence-electron chi connectivity index (χ0n) is 17.7. The summed E-state index contributed by atoms with van der Waals surface area (Å²) in [6, 6.07) is 21.1. The van der Waals surface area contributed by atoms with Crippen molar-refractivity contribution >= 4 is 62.6 Å². The van der Waals surface area contributed by atoms with Crippen molar-refractivity contribution in [2.75, 3.05) is 5.32 Å². The number of hydrogen-bond acceptors (Lipinski definition) is 4. The lowest BCUT2D eigenvalue weighted by Gasteiger charge is -2.10. The Morgan fingerprint density at radius 3 is 2.59 bits per heavy atom.